The number of nitrogens with zero attached hydrogens (tertiary/aromatic N) is 2. The molecule has 1 fully saturated rings. The van der Waals surface area contributed by atoms with Crippen LogP contribution in [0.25, 0.3) is 0 Å². The van der Waals surface area contributed by atoms with Crippen molar-refractivity contribution in [1.82, 2.24) is 4.98 Å². The molecule has 0 bridgehead atoms. The topological polar surface area (TPSA) is 48.7 Å². The molecule has 0 saturated heterocycles. The molecule has 1 aromatic heterocycles. The highest BCUT2D eigenvalue weighted by Crippen LogP contribution is 2.30. The quantitative estimate of drug-likeness (QED) is 0.893. The second-order valence-corrected chi connectivity index (χ2v) is 6.24. The molecule has 2 atom stereocenters. The Morgan fingerprint density at radius 3 is 2.90 bits per heavy atom. The number of aromatic nitrogens is 1. The normalized spacial score (nSPS) is 22.3. The van der Waals surface area contributed by atoms with Gasteiger partial charge in [0, 0.05) is 12.2 Å². The number of hydrogen-bond acceptors (Lipinski definition) is 3. The van der Waals surface area contributed by atoms with Crippen molar-refractivity contribution in [2.75, 3.05) is 11.9 Å². The van der Waals surface area contributed by atoms with Gasteiger partial charge < -0.3 is 5.32 Å². The fourth-order valence-corrected chi connectivity index (χ4v) is 3.34. The summed E-state index contributed by atoms with van der Waals surface area (Å²) in [6.45, 7) is 7.19. The van der Waals surface area contributed by atoms with Crippen molar-refractivity contribution in [1.29, 1.82) is 5.26 Å². The minimum Gasteiger partial charge on any atom is -0.384 e. The number of nitriles is 1. The zero-order valence-electron chi connectivity index (χ0n) is 12.9. The van der Waals surface area contributed by atoms with Crippen molar-refractivity contribution < 1.29 is 0 Å². The number of anilines is 1. The molecule has 2 rings (SSSR count). The average molecular weight is 271 g/mol. The predicted octanol–water partition coefficient (Wildman–Crippen LogP) is 4.20. The molecule has 0 aromatic carbocycles. The molecule has 3 nitrogen and oxygen atoms in total. The lowest BCUT2D eigenvalue weighted by atomic mass is 9.81. The van der Waals surface area contributed by atoms with E-state index in [9.17, 15) is 5.26 Å². The van der Waals surface area contributed by atoms with Gasteiger partial charge in [-0.15, -0.1) is 0 Å². The lowest BCUT2D eigenvalue weighted by molar-refractivity contribution is 0.274. The molecule has 0 spiro atoms. The maximum Gasteiger partial charge on any atom is 0.103 e. The Morgan fingerprint density at radius 2 is 2.20 bits per heavy atom. The van der Waals surface area contributed by atoms with Gasteiger partial charge in [-0.1, -0.05) is 26.2 Å². The van der Waals surface area contributed by atoms with E-state index >= 15 is 0 Å². The maximum absolute atomic E-state index is 9.24. The van der Waals surface area contributed by atoms with Gasteiger partial charge in [-0.25, -0.2) is 0 Å². The highest BCUT2D eigenvalue weighted by atomic mass is 14.9. The van der Waals surface area contributed by atoms with Crippen LogP contribution in [0.15, 0.2) is 6.07 Å². The molecule has 3 heteroatoms. The summed E-state index contributed by atoms with van der Waals surface area (Å²) in [6.07, 6.45) is 6.70. The summed E-state index contributed by atoms with van der Waals surface area (Å²) >= 11 is 0. The fourth-order valence-electron chi connectivity index (χ4n) is 3.34. The molecule has 0 amide bonds. The molecule has 0 radical (unpaired) electrons. The van der Waals surface area contributed by atoms with E-state index in [1.54, 1.807) is 0 Å². The molecule has 0 aliphatic heterocycles. The number of aryl methyl sites for hydroxylation is 2. The molecule has 1 aliphatic carbocycles. The molecule has 1 aromatic rings. The van der Waals surface area contributed by atoms with E-state index in [0.29, 0.717) is 5.56 Å². The minimum atomic E-state index is 0.688. The van der Waals surface area contributed by atoms with Gasteiger partial charge in [0.2, 0.25) is 0 Å². The zero-order valence-corrected chi connectivity index (χ0v) is 12.9. The first-order valence-electron chi connectivity index (χ1n) is 7.72. The van der Waals surface area contributed by atoms with Crippen LogP contribution in [0, 0.1) is 37.0 Å². The van der Waals surface area contributed by atoms with Gasteiger partial charge in [0.05, 0.1) is 16.9 Å². The highest BCUT2D eigenvalue weighted by molar-refractivity contribution is 5.59. The molecule has 108 valence electrons. The number of pyridine rings is 1. The SMILES string of the molecule is Cc1cc(NCCC2CCCC(C)C2)c(C#N)c(C)n1. The van der Waals surface area contributed by atoms with Crippen molar-refractivity contribution in [3.05, 3.63) is 23.0 Å². The van der Waals surface area contributed by atoms with Crippen LogP contribution in [-0.2, 0) is 0 Å². The van der Waals surface area contributed by atoms with E-state index < -0.39 is 0 Å². The van der Waals surface area contributed by atoms with Crippen LogP contribution in [0.3, 0.4) is 0 Å². The maximum atomic E-state index is 9.24. The van der Waals surface area contributed by atoms with Crippen LogP contribution < -0.4 is 5.32 Å². The van der Waals surface area contributed by atoms with Gasteiger partial charge in [0.25, 0.3) is 0 Å². The molecule has 1 N–H and O–H groups in total. The summed E-state index contributed by atoms with van der Waals surface area (Å²) in [5.74, 6) is 1.73. The summed E-state index contributed by atoms with van der Waals surface area (Å²) < 4.78 is 0. The van der Waals surface area contributed by atoms with Crippen LogP contribution in [0.1, 0.15) is 56.0 Å². The second-order valence-electron chi connectivity index (χ2n) is 6.24. The number of nitrogens with one attached hydrogen (secondary N) is 1. The second kappa shape index (κ2) is 6.74. The number of rotatable bonds is 4. The lowest BCUT2D eigenvalue weighted by Gasteiger charge is -2.26. The van der Waals surface area contributed by atoms with Gasteiger partial charge in [0.15, 0.2) is 0 Å². The van der Waals surface area contributed by atoms with Gasteiger partial charge in [-0.3, -0.25) is 4.98 Å². The molecule has 2 unspecified atom stereocenters. The van der Waals surface area contributed by atoms with Crippen molar-refractivity contribution in [3.8, 4) is 6.07 Å². The van der Waals surface area contributed by atoms with Crippen LogP contribution in [0.5, 0.6) is 0 Å². The summed E-state index contributed by atoms with van der Waals surface area (Å²) in [6, 6.07) is 4.24. The van der Waals surface area contributed by atoms with Crippen LogP contribution in [0.2, 0.25) is 0 Å². The monoisotopic (exact) mass is 271 g/mol. The minimum absolute atomic E-state index is 0.688. The number of hydrogen-bond donors (Lipinski definition) is 1. The Hall–Kier alpha value is -1.56. The smallest absolute Gasteiger partial charge is 0.103 e. The first kappa shape index (κ1) is 14.8. The Labute approximate surface area is 122 Å². The standard InChI is InChI=1S/C17H25N3/c1-12-5-4-6-15(9-12)7-8-19-17-10-13(2)20-14(3)16(17)11-18/h10,12,15H,4-9H2,1-3H3,(H,19,20). The van der Waals surface area contributed by atoms with E-state index in [-0.39, 0.29) is 0 Å². The molecular weight excluding hydrogens is 246 g/mol. The molecular formula is C17H25N3. The lowest BCUT2D eigenvalue weighted by Crippen LogP contribution is -2.17. The van der Waals surface area contributed by atoms with Crippen LogP contribution in [0.4, 0.5) is 5.69 Å². The van der Waals surface area contributed by atoms with Crippen molar-refractivity contribution in [2.24, 2.45) is 11.8 Å². The summed E-state index contributed by atoms with van der Waals surface area (Å²) in [5.41, 5.74) is 3.42. The van der Waals surface area contributed by atoms with Gasteiger partial charge in [-0.05, 0) is 44.6 Å². The van der Waals surface area contributed by atoms with Crippen molar-refractivity contribution in [3.63, 3.8) is 0 Å². The summed E-state index contributed by atoms with van der Waals surface area (Å²) in [7, 11) is 0. The van der Waals surface area contributed by atoms with Crippen LogP contribution >= 0.6 is 0 Å². The average Bonchev–Trinajstić information content (AvgIpc) is 2.38. The Balaban J connectivity index is 1.92. The Kier molecular flexibility index (Phi) is 5.00. The van der Waals surface area contributed by atoms with Gasteiger partial charge in [0.1, 0.15) is 6.07 Å². The summed E-state index contributed by atoms with van der Waals surface area (Å²) in [5, 5.41) is 12.7. The van der Waals surface area contributed by atoms with E-state index in [1.807, 2.05) is 19.9 Å². The Morgan fingerprint density at radius 1 is 1.40 bits per heavy atom. The zero-order chi connectivity index (χ0) is 14.5. The third-order valence-corrected chi connectivity index (χ3v) is 4.35. The fraction of sp³-hybridized carbons (Fsp3) is 0.647. The van der Waals surface area contributed by atoms with Crippen molar-refractivity contribution >= 4 is 5.69 Å². The summed E-state index contributed by atoms with van der Waals surface area (Å²) in [4.78, 5) is 4.35. The first-order valence-corrected chi connectivity index (χ1v) is 7.72. The third-order valence-electron chi connectivity index (χ3n) is 4.35. The van der Waals surface area contributed by atoms with Crippen LogP contribution in [-0.4, -0.2) is 11.5 Å². The molecule has 1 aliphatic rings. The molecule has 1 saturated carbocycles. The largest absolute Gasteiger partial charge is 0.384 e. The highest BCUT2D eigenvalue weighted by Gasteiger charge is 2.18. The first-order chi connectivity index (χ1) is 9.60. The van der Waals surface area contributed by atoms with E-state index in [4.69, 9.17) is 0 Å². The molecule has 20 heavy (non-hydrogen) atoms. The predicted molar refractivity (Wildman–Crippen MR) is 82.7 cm³/mol. The van der Waals surface area contributed by atoms with E-state index in [2.05, 4.69) is 23.3 Å². The third kappa shape index (κ3) is 3.72. The van der Waals surface area contributed by atoms with E-state index in [0.717, 1.165) is 35.5 Å². The van der Waals surface area contributed by atoms with E-state index in [1.165, 1.54) is 32.1 Å². The van der Waals surface area contributed by atoms with Crippen molar-refractivity contribution in [2.45, 2.75) is 52.9 Å². The van der Waals surface area contributed by atoms with Gasteiger partial charge in [-0.2, -0.15) is 5.26 Å². The van der Waals surface area contributed by atoms with Gasteiger partial charge >= 0.3 is 0 Å². The Bertz CT molecular complexity index is 502. The molecule has 1 heterocycles.